The van der Waals surface area contributed by atoms with Gasteiger partial charge in [-0.2, -0.15) is 0 Å². The lowest BCUT2D eigenvalue weighted by Gasteiger charge is -2.20. The Morgan fingerprint density at radius 2 is 1.72 bits per heavy atom. The van der Waals surface area contributed by atoms with Gasteiger partial charge in [-0.1, -0.05) is 48.5 Å². The van der Waals surface area contributed by atoms with E-state index in [9.17, 15) is 14.4 Å². The van der Waals surface area contributed by atoms with Gasteiger partial charge in [-0.3, -0.25) is 9.59 Å². The van der Waals surface area contributed by atoms with E-state index in [1.165, 1.54) is 6.92 Å². The lowest BCUT2D eigenvalue weighted by atomic mass is 9.98. The summed E-state index contributed by atoms with van der Waals surface area (Å²) < 4.78 is 11.0. The van der Waals surface area contributed by atoms with Crippen molar-refractivity contribution in [2.75, 3.05) is 19.8 Å². The Morgan fingerprint density at radius 1 is 1.09 bits per heavy atom. The van der Waals surface area contributed by atoms with Crippen LogP contribution < -0.4 is 10.6 Å². The number of alkyl carbamates (subject to hydrolysis) is 1. The van der Waals surface area contributed by atoms with Crippen molar-refractivity contribution >= 4 is 18.0 Å². The third-order valence-corrected chi connectivity index (χ3v) is 6.05. The minimum atomic E-state index is -1.12. The SMILES string of the molecule is C[C@H](NC(=O)C1OCCC1CNC(=O)OCC1c2ccccc2-c2ccccc21)C(=O)O. The maximum absolute atomic E-state index is 12.4. The van der Waals surface area contributed by atoms with Crippen LogP contribution in [0.15, 0.2) is 48.5 Å². The highest BCUT2D eigenvalue weighted by Gasteiger charge is 2.36. The summed E-state index contributed by atoms with van der Waals surface area (Å²) in [7, 11) is 0. The zero-order chi connectivity index (χ0) is 22.7. The Bertz CT molecular complexity index is 978. The maximum Gasteiger partial charge on any atom is 0.407 e. The van der Waals surface area contributed by atoms with Crippen LogP contribution in [0.2, 0.25) is 0 Å². The first-order valence-electron chi connectivity index (χ1n) is 10.7. The second-order valence-corrected chi connectivity index (χ2v) is 8.12. The number of hydrogen-bond donors (Lipinski definition) is 3. The van der Waals surface area contributed by atoms with Gasteiger partial charge in [0, 0.05) is 25.0 Å². The van der Waals surface area contributed by atoms with E-state index in [-0.39, 0.29) is 25.0 Å². The van der Waals surface area contributed by atoms with E-state index in [1.807, 2.05) is 24.3 Å². The van der Waals surface area contributed by atoms with E-state index in [1.54, 1.807) is 0 Å². The zero-order valence-corrected chi connectivity index (χ0v) is 17.7. The summed E-state index contributed by atoms with van der Waals surface area (Å²) in [6.07, 6.45) is -0.772. The fraction of sp³-hybridized carbons (Fsp3) is 0.375. The number of nitrogens with one attached hydrogen (secondary N) is 2. The molecule has 1 aliphatic carbocycles. The Labute approximate surface area is 185 Å². The first-order chi connectivity index (χ1) is 15.5. The Kier molecular flexibility index (Phi) is 6.41. The average molecular weight is 438 g/mol. The van der Waals surface area contributed by atoms with Crippen molar-refractivity contribution < 1.29 is 29.0 Å². The normalized spacial score (nSPS) is 20.2. The number of carbonyl (C=O) groups excluding carboxylic acids is 2. The Morgan fingerprint density at radius 3 is 2.34 bits per heavy atom. The molecular weight excluding hydrogens is 412 g/mol. The van der Waals surface area contributed by atoms with Gasteiger partial charge in [0.15, 0.2) is 0 Å². The first-order valence-corrected chi connectivity index (χ1v) is 10.7. The number of rotatable bonds is 7. The van der Waals surface area contributed by atoms with Gasteiger partial charge in [0.2, 0.25) is 5.91 Å². The molecule has 168 valence electrons. The van der Waals surface area contributed by atoms with Crippen molar-refractivity contribution in [1.82, 2.24) is 10.6 Å². The monoisotopic (exact) mass is 438 g/mol. The van der Waals surface area contributed by atoms with Crippen LogP contribution in [0.5, 0.6) is 0 Å². The van der Waals surface area contributed by atoms with Crippen LogP contribution in [0, 0.1) is 5.92 Å². The molecule has 0 spiro atoms. The van der Waals surface area contributed by atoms with Crippen LogP contribution in [-0.4, -0.2) is 55.0 Å². The van der Waals surface area contributed by atoms with Gasteiger partial charge in [-0.05, 0) is 35.6 Å². The summed E-state index contributed by atoms with van der Waals surface area (Å²) in [6, 6.07) is 15.2. The second-order valence-electron chi connectivity index (χ2n) is 8.12. The van der Waals surface area contributed by atoms with Gasteiger partial charge in [0.05, 0.1) is 0 Å². The van der Waals surface area contributed by atoms with E-state index in [0.29, 0.717) is 13.0 Å². The van der Waals surface area contributed by atoms with Crippen molar-refractivity contribution in [2.24, 2.45) is 5.92 Å². The van der Waals surface area contributed by atoms with Gasteiger partial charge in [0.1, 0.15) is 18.8 Å². The molecule has 1 saturated heterocycles. The highest BCUT2D eigenvalue weighted by Crippen LogP contribution is 2.44. The van der Waals surface area contributed by atoms with Crippen LogP contribution in [0.4, 0.5) is 4.79 Å². The molecule has 2 unspecified atom stereocenters. The highest BCUT2D eigenvalue weighted by molar-refractivity contribution is 5.86. The molecule has 8 nitrogen and oxygen atoms in total. The van der Waals surface area contributed by atoms with Crippen LogP contribution in [0.3, 0.4) is 0 Å². The third kappa shape index (κ3) is 4.45. The molecule has 0 saturated carbocycles. The number of ether oxygens (including phenoxy) is 2. The Hall–Kier alpha value is -3.39. The molecule has 0 bridgehead atoms. The Balaban J connectivity index is 1.31. The number of aliphatic carboxylic acids is 1. The minimum absolute atomic E-state index is 0.0287. The van der Waals surface area contributed by atoms with Crippen LogP contribution in [0.1, 0.15) is 30.4 Å². The summed E-state index contributed by atoms with van der Waals surface area (Å²) in [5.41, 5.74) is 4.58. The molecule has 0 radical (unpaired) electrons. The standard InChI is InChI=1S/C24H26N2O6/c1-14(23(28)29)26-22(27)21-15(10-11-31-21)12-25-24(30)32-13-20-18-8-4-2-6-16(18)17-7-3-5-9-19(17)20/h2-9,14-15,20-21H,10-13H2,1H3,(H,25,30)(H,26,27)(H,28,29)/t14-,15?,21?/m0/s1. The van der Waals surface area contributed by atoms with E-state index in [0.717, 1.165) is 22.3 Å². The first kappa shape index (κ1) is 21.8. The van der Waals surface area contributed by atoms with Crippen LogP contribution >= 0.6 is 0 Å². The van der Waals surface area contributed by atoms with E-state index in [4.69, 9.17) is 14.6 Å². The molecule has 2 aliphatic rings. The average Bonchev–Trinajstić information content (AvgIpc) is 3.39. The molecule has 0 aromatic heterocycles. The molecule has 1 aliphatic heterocycles. The van der Waals surface area contributed by atoms with Crippen LogP contribution in [-0.2, 0) is 19.1 Å². The third-order valence-electron chi connectivity index (χ3n) is 6.05. The zero-order valence-electron chi connectivity index (χ0n) is 17.7. The van der Waals surface area contributed by atoms with Crippen molar-refractivity contribution in [2.45, 2.75) is 31.4 Å². The molecule has 2 aromatic carbocycles. The summed E-state index contributed by atoms with van der Waals surface area (Å²) in [5, 5.41) is 14.1. The van der Waals surface area contributed by atoms with Gasteiger partial charge >= 0.3 is 12.1 Å². The maximum atomic E-state index is 12.4. The van der Waals surface area contributed by atoms with Crippen molar-refractivity contribution in [3.8, 4) is 11.1 Å². The van der Waals surface area contributed by atoms with Gasteiger partial charge in [-0.15, -0.1) is 0 Å². The molecule has 3 atom stereocenters. The molecule has 1 heterocycles. The summed E-state index contributed by atoms with van der Waals surface area (Å²) in [6.45, 7) is 2.17. The summed E-state index contributed by atoms with van der Waals surface area (Å²) >= 11 is 0. The van der Waals surface area contributed by atoms with Gasteiger partial charge in [0.25, 0.3) is 0 Å². The number of fused-ring (bicyclic) bond motifs is 3. The van der Waals surface area contributed by atoms with Crippen LogP contribution in [0.25, 0.3) is 11.1 Å². The lowest BCUT2D eigenvalue weighted by molar-refractivity contribution is -0.143. The summed E-state index contributed by atoms with van der Waals surface area (Å²) in [4.78, 5) is 35.6. The lowest BCUT2D eigenvalue weighted by Crippen LogP contribution is -2.47. The molecule has 32 heavy (non-hydrogen) atoms. The number of hydrogen-bond acceptors (Lipinski definition) is 5. The van der Waals surface area contributed by atoms with E-state index < -0.39 is 30.1 Å². The van der Waals surface area contributed by atoms with E-state index in [2.05, 4.69) is 34.9 Å². The second kappa shape index (κ2) is 9.40. The van der Waals surface area contributed by atoms with Gasteiger partial charge < -0.3 is 25.2 Å². The fourth-order valence-electron chi connectivity index (χ4n) is 4.35. The van der Waals surface area contributed by atoms with Crippen molar-refractivity contribution in [1.29, 1.82) is 0 Å². The van der Waals surface area contributed by atoms with E-state index >= 15 is 0 Å². The number of benzene rings is 2. The largest absolute Gasteiger partial charge is 0.480 e. The molecule has 2 amide bonds. The molecule has 4 rings (SSSR count). The molecule has 1 fully saturated rings. The van der Waals surface area contributed by atoms with Gasteiger partial charge in [-0.25, -0.2) is 4.79 Å². The molecule has 8 heteroatoms. The number of carboxylic acid groups (broad SMARTS) is 1. The number of amides is 2. The fourth-order valence-corrected chi connectivity index (χ4v) is 4.35. The molecular formula is C24H26N2O6. The predicted molar refractivity (Wildman–Crippen MR) is 116 cm³/mol. The summed E-state index contributed by atoms with van der Waals surface area (Å²) in [5.74, 6) is -1.89. The predicted octanol–water partition coefficient (Wildman–Crippen LogP) is 2.52. The quantitative estimate of drug-likeness (QED) is 0.612. The highest BCUT2D eigenvalue weighted by atomic mass is 16.5. The topological polar surface area (TPSA) is 114 Å². The number of carbonyl (C=O) groups is 3. The van der Waals surface area contributed by atoms with Crippen molar-refractivity contribution in [3.05, 3.63) is 59.7 Å². The number of carboxylic acids is 1. The smallest absolute Gasteiger partial charge is 0.407 e. The minimum Gasteiger partial charge on any atom is -0.480 e. The molecule has 3 N–H and O–H groups in total. The van der Waals surface area contributed by atoms with Crippen molar-refractivity contribution in [3.63, 3.8) is 0 Å². The molecule has 2 aromatic rings.